The molecule has 0 bridgehead atoms. The fourth-order valence-electron chi connectivity index (χ4n) is 2.59. The molecule has 1 fully saturated rings. The monoisotopic (exact) mass is 298 g/mol. The predicted octanol–water partition coefficient (Wildman–Crippen LogP) is 3.10. The largest absolute Gasteiger partial charge is 0.481 e. The van der Waals surface area contributed by atoms with Crippen LogP contribution in [0.4, 0.5) is 0 Å². The van der Waals surface area contributed by atoms with Crippen molar-refractivity contribution in [1.82, 2.24) is 0 Å². The van der Waals surface area contributed by atoms with Gasteiger partial charge in [-0.05, 0) is 37.3 Å². The number of hydrogen-bond acceptors (Lipinski definition) is 4. The highest BCUT2D eigenvalue weighted by molar-refractivity contribution is 7.99. The molecule has 1 saturated carbocycles. The molecule has 0 spiro atoms. The Morgan fingerprint density at radius 3 is 2.70 bits per heavy atom. The average molecular weight is 298 g/mol. The van der Waals surface area contributed by atoms with Gasteiger partial charge >= 0.3 is 11.9 Å². The molecule has 2 rings (SSSR count). The van der Waals surface area contributed by atoms with E-state index < -0.39 is 11.9 Å². The van der Waals surface area contributed by atoms with Crippen LogP contribution in [0.5, 0.6) is 0 Å². The molecule has 2 N–H and O–H groups in total. The first-order valence-corrected chi connectivity index (χ1v) is 7.68. The van der Waals surface area contributed by atoms with E-state index in [1.54, 1.807) is 17.8 Å². The van der Waals surface area contributed by atoms with Crippen LogP contribution in [0.1, 0.15) is 42.5 Å². The second kappa shape index (κ2) is 6.35. The molecule has 0 aliphatic heterocycles. The van der Waals surface area contributed by atoms with E-state index in [2.05, 4.69) is 6.92 Å². The Labute approximate surface area is 121 Å². The fraction of sp³-hybridized carbons (Fsp3) is 0.571. The number of aliphatic carboxylic acids is 1. The van der Waals surface area contributed by atoms with Gasteiger partial charge in [-0.2, -0.15) is 11.8 Å². The lowest BCUT2D eigenvalue weighted by Crippen LogP contribution is -2.14. The van der Waals surface area contributed by atoms with Crippen LogP contribution in [0.15, 0.2) is 16.5 Å². The Kier molecular flexibility index (Phi) is 4.75. The first kappa shape index (κ1) is 15.0. The van der Waals surface area contributed by atoms with Crippen molar-refractivity contribution >= 4 is 23.7 Å². The summed E-state index contributed by atoms with van der Waals surface area (Å²) in [4.78, 5) is 21.6. The molecule has 3 unspecified atom stereocenters. The highest BCUT2D eigenvalue weighted by Gasteiger charge is 2.32. The van der Waals surface area contributed by atoms with Crippen molar-refractivity contribution in [1.29, 1.82) is 0 Å². The highest BCUT2D eigenvalue weighted by atomic mass is 32.2. The molecule has 1 aromatic rings. The third-order valence-corrected chi connectivity index (χ3v) is 5.21. The van der Waals surface area contributed by atoms with E-state index in [-0.39, 0.29) is 11.7 Å². The van der Waals surface area contributed by atoms with Crippen molar-refractivity contribution in [2.24, 2.45) is 11.8 Å². The van der Waals surface area contributed by atoms with Crippen molar-refractivity contribution in [2.75, 3.05) is 0 Å². The van der Waals surface area contributed by atoms with Gasteiger partial charge in [0.2, 0.25) is 5.76 Å². The minimum absolute atomic E-state index is 0.0416. The molecular weight excluding hydrogens is 280 g/mol. The first-order chi connectivity index (χ1) is 9.47. The molecule has 5 nitrogen and oxygen atoms in total. The number of hydrogen-bond donors (Lipinski definition) is 2. The molecule has 1 aliphatic rings. The number of furan rings is 1. The van der Waals surface area contributed by atoms with Gasteiger partial charge in [-0.3, -0.25) is 4.79 Å². The number of aromatic carboxylic acids is 1. The molecule has 6 heteroatoms. The molecule has 0 aromatic carbocycles. The van der Waals surface area contributed by atoms with Gasteiger partial charge in [0.05, 0.1) is 11.7 Å². The van der Waals surface area contributed by atoms with Gasteiger partial charge in [-0.15, -0.1) is 0 Å². The summed E-state index contributed by atoms with van der Waals surface area (Å²) in [5, 5.41) is 18.1. The minimum Gasteiger partial charge on any atom is -0.481 e. The Balaban J connectivity index is 1.81. The summed E-state index contributed by atoms with van der Waals surface area (Å²) in [6, 6.07) is 3.14. The topological polar surface area (TPSA) is 87.7 Å². The average Bonchev–Trinajstić information content (AvgIpc) is 3.05. The summed E-state index contributed by atoms with van der Waals surface area (Å²) in [5.41, 5.74) is 0. The van der Waals surface area contributed by atoms with Crippen LogP contribution in [-0.4, -0.2) is 27.4 Å². The number of rotatable bonds is 6. The maximum atomic E-state index is 10.9. The summed E-state index contributed by atoms with van der Waals surface area (Å²) in [7, 11) is 0. The van der Waals surface area contributed by atoms with E-state index in [0.29, 0.717) is 22.7 Å². The second-order valence-corrected chi connectivity index (χ2v) is 6.56. The van der Waals surface area contributed by atoms with Gasteiger partial charge < -0.3 is 14.6 Å². The standard InChI is InChI=1S/C14H18O5S/c1-8(9-2-3-10(6-9)13(15)16)20-7-11-4-5-12(19-11)14(17)18/h4-5,8-10H,2-3,6-7H2,1H3,(H,15,16)(H,17,18). The van der Waals surface area contributed by atoms with Crippen molar-refractivity contribution < 1.29 is 24.2 Å². The SMILES string of the molecule is CC(SCc1ccc(C(=O)O)o1)C1CCC(C(=O)O)C1. The van der Waals surface area contributed by atoms with E-state index in [4.69, 9.17) is 14.6 Å². The lowest BCUT2D eigenvalue weighted by Gasteiger charge is -2.17. The van der Waals surface area contributed by atoms with Crippen molar-refractivity contribution in [3.8, 4) is 0 Å². The normalized spacial score (nSPS) is 23.6. The zero-order chi connectivity index (χ0) is 14.7. The third kappa shape index (κ3) is 3.56. The molecule has 20 heavy (non-hydrogen) atoms. The van der Waals surface area contributed by atoms with Gasteiger partial charge in [0.1, 0.15) is 5.76 Å². The van der Waals surface area contributed by atoms with E-state index in [9.17, 15) is 9.59 Å². The van der Waals surface area contributed by atoms with E-state index >= 15 is 0 Å². The zero-order valence-corrected chi connectivity index (χ0v) is 12.1. The second-order valence-electron chi connectivity index (χ2n) is 5.20. The van der Waals surface area contributed by atoms with Crippen LogP contribution in [-0.2, 0) is 10.5 Å². The van der Waals surface area contributed by atoms with Crippen LogP contribution < -0.4 is 0 Å². The summed E-state index contributed by atoms with van der Waals surface area (Å²) in [5.74, 6) is -0.327. The number of thioether (sulfide) groups is 1. The van der Waals surface area contributed by atoms with Crippen molar-refractivity contribution in [2.45, 2.75) is 37.2 Å². The van der Waals surface area contributed by atoms with Gasteiger partial charge in [-0.25, -0.2) is 4.79 Å². The number of carbonyl (C=O) groups is 2. The molecule has 1 aliphatic carbocycles. The van der Waals surface area contributed by atoms with Gasteiger partial charge in [0, 0.05) is 5.25 Å². The molecular formula is C14H18O5S. The molecule has 0 amide bonds. The molecule has 110 valence electrons. The zero-order valence-electron chi connectivity index (χ0n) is 11.2. The van der Waals surface area contributed by atoms with Crippen molar-refractivity contribution in [3.05, 3.63) is 23.7 Å². The first-order valence-electron chi connectivity index (χ1n) is 6.63. The minimum atomic E-state index is -1.06. The van der Waals surface area contributed by atoms with E-state index in [1.807, 2.05) is 0 Å². The Bertz CT molecular complexity index is 496. The van der Waals surface area contributed by atoms with Gasteiger partial charge in [-0.1, -0.05) is 6.92 Å². The molecule has 0 radical (unpaired) electrons. The quantitative estimate of drug-likeness (QED) is 0.839. The van der Waals surface area contributed by atoms with Crippen molar-refractivity contribution in [3.63, 3.8) is 0 Å². The van der Waals surface area contributed by atoms with E-state index in [0.717, 1.165) is 19.3 Å². The van der Waals surface area contributed by atoms with Crippen LogP contribution >= 0.6 is 11.8 Å². The maximum Gasteiger partial charge on any atom is 0.371 e. The van der Waals surface area contributed by atoms with Gasteiger partial charge in [0.25, 0.3) is 0 Å². The van der Waals surface area contributed by atoms with E-state index in [1.165, 1.54) is 6.07 Å². The van der Waals surface area contributed by atoms with Crippen LogP contribution in [0.3, 0.4) is 0 Å². The predicted molar refractivity (Wildman–Crippen MR) is 74.9 cm³/mol. The summed E-state index contributed by atoms with van der Waals surface area (Å²) < 4.78 is 5.20. The summed E-state index contributed by atoms with van der Waals surface area (Å²) in [6.45, 7) is 2.10. The Morgan fingerprint density at radius 1 is 1.40 bits per heavy atom. The van der Waals surface area contributed by atoms with Gasteiger partial charge in [0.15, 0.2) is 0 Å². The fourth-order valence-corrected chi connectivity index (χ4v) is 3.69. The third-order valence-electron chi connectivity index (χ3n) is 3.85. The Hall–Kier alpha value is -1.43. The molecule has 1 aromatic heterocycles. The number of carboxylic acid groups (broad SMARTS) is 2. The molecule has 0 saturated heterocycles. The molecule has 3 atom stereocenters. The lowest BCUT2D eigenvalue weighted by atomic mass is 10.0. The highest BCUT2D eigenvalue weighted by Crippen LogP contribution is 2.38. The lowest BCUT2D eigenvalue weighted by molar-refractivity contribution is -0.141. The summed E-state index contributed by atoms with van der Waals surface area (Å²) in [6.07, 6.45) is 2.44. The van der Waals surface area contributed by atoms with Crippen LogP contribution in [0, 0.1) is 11.8 Å². The molecule has 1 heterocycles. The summed E-state index contributed by atoms with van der Waals surface area (Å²) >= 11 is 1.69. The van der Waals surface area contributed by atoms with Crippen LogP contribution in [0.25, 0.3) is 0 Å². The smallest absolute Gasteiger partial charge is 0.371 e. The number of carboxylic acids is 2. The maximum absolute atomic E-state index is 10.9. The van der Waals surface area contributed by atoms with Crippen LogP contribution in [0.2, 0.25) is 0 Å². The Morgan fingerprint density at radius 2 is 2.15 bits per heavy atom.